The molecule has 7 heteroatoms. The van der Waals surface area contributed by atoms with E-state index in [4.69, 9.17) is 0 Å². The number of nitro groups is 1. The lowest BCUT2D eigenvalue weighted by atomic mass is 10.2. The summed E-state index contributed by atoms with van der Waals surface area (Å²) in [5.74, 6) is -0.328. The van der Waals surface area contributed by atoms with Gasteiger partial charge in [0.2, 0.25) is 5.91 Å². The smallest absolute Gasteiger partial charge is 0.270 e. The SMILES string of the molecule is Cc1csc(NC(=O)/C=C\c2cccc([N+](=O)[O-])c2)n1. The van der Waals surface area contributed by atoms with E-state index in [2.05, 4.69) is 10.3 Å². The Morgan fingerprint density at radius 3 is 2.95 bits per heavy atom. The molecule has 2 aromatic rings. The molecule has 0 atom stereocenters. The molecule has 1 aromatic carbocycles. The van der Waals surface area contributed by atoms with Crippen molar-refractivity contribution in [1.82, 2.24) is 4.98 Å². The summed E-state index contributed by atoms with van der Waals surface area (Å²) in [5.41, 5.74) is 1.42. The topological polar surface area (TPSA) is 85.1 Å². The Morgan fingerprint density at radius 1 is 1.50 bits per heavy atom. The number of rotatable bonds is 4. The molecule has 6 nitrogen and oxygen atoms in total. The minimum absolute atomic E-state index is 0.0110. The van der Waals surface area contributed by atoms with E-state index in [0.29, 0.717) is 10.7 Å². The number of carbonyl (C=O) groups is 1. The zero-order valence-corrected chi connectivity index (χ0v) is 11.4. The fraction of sp³-hybridized carbons (Fsp3) is 0.0769. The molecule has 0 bridgehead atoms. The third kappa shape index (κ3) is 3.72. The van der Waals surface area contributed by atoms with Gasteiger partial charge in [-0.2, -0.15) is 0 Å². The number of nitro benzene ring substituents is 1. The maximum atomic E-state index is 11.6. The van der Waals surface area contributed by atoms with Crippen molar-refractivity contribution in [3.63, 3.8) is 0 Å². The molecule has 102 valence electrons. The van der Waals surface area contributed by atoms with Gasteiger partial charge in [-0.1, -0.05) is 12.1 Å². The average Bonchev–Trinajstić information content (AvgIpc) is 2.82. The van der Waals surface area contributed by atoms with Crippen molar-refractivity contribution in [3.8, 4) is 0 Å². The number of aromatic nitrogens is 1. The van der Waals surface area contributed by atoms with Crippen LogP contribution in [0.15, 0.2) is 35.7 Å². The number of anilines is 1. The van der Waals surface area contributed by atoms with Crippen LogP contribution in [0.1, 0.15) is 11.3 Å². The van der Waals surface area contributed by atoms with Crippen LogP contribution >= 0.6 is 11.3 Å². The summed E-state index contributed by atoms with van der Waals surface area (Å²) in [6, 6.07) is 6.05. The first-order valence-electron chi connectivity index (χ1n) is 5.70. The number of non-ortho nitro benzene ring substituents is 1. The third-order valence-electron chi connectivity index (χ3n) is 2.36. The van der Waals surface area contributed by atoms with E-state index >= 15 is 0 Å². The van der Waals surface area contributed by atoms with Crippen LogP contribution in [-0.2, 0) is 4.79 Å². The Labute approximate surface area is 118 Å². The van der Waals surface area contributed by atoms with Crippen LogP contribution in [0.3, 0.4) is 0 Å². The molecule has 2 rings (SSSR count). The highest BCUT2D eigenvalue weighted by atomic mass is 32.1. The largest absolute Gasteiger partial charge is 0.298 e. The maximum Gasteiger partial charge on any atom is 0.270 e. The highest BCUT2D eigenvalue weighted by molar-refractivity contribution is 7.13. The molecule has 0 aliphatic rings. The van der Waals surface area contributed by atoms with E-state index < -0.39 is 4.92 Å². The van der Waals surface area contributed by atoms with Crippen molar-refractivity contribution in [2.75, 3.05) is 5.32 Å². The summed E-state index contributed by atoms with van der Waals surface area (Å²) < 4.78 is 0. The molecule has 0 aliphatic carbocycles. The number of aryl methyl sites for hydroxylation is 1. The summed E-state index contributed by atoms with van der Waals surface area (Å²) in [6.45, 7) is 1.84. The second kappa shape index (κ2) is 6.07. The predicted octanol–water partition coefficient (Wildman–Crippen LogP) is 3.01. The molecule has 0 saturated heterocycles. The number of hydrogen-bond acceptors (Lipinski definition) is 5. The monoisotopic (exact) mass is 289 g/mol. The van der Waals surface area contributed by atoms with Crippen LogP contribution in [-0.4, -0.2) is 15.8 Å². The highest BCUT2D eigenvalue weighted by Gasteiger charge is 2.05. The van der Waals surface area contributed by atoms with Crippen molar-refractivity contribution in [2.45, 2.75) is 6.92 Å². The van der Waals surface area contributed by atoms with Crippen LogP contribution in [0.5, 0.6) is 0 Å². The number of nitrogens with one attached hydrogen (secondary N) is 1. The van der Waals surface area contributed by atoms with Gasteiger partial charge in [0.1, 0.15) is 0 Å². The molecule has 0 fully saturated rings. The first kappa shape index (κ1) is 13.9. The standard InChI is InChI=1S/C13H11N3O3S/c1-9-8-20-13(14-9)15-12(17)6-5-10-3-2-4-11(7-10)16(18)19/h2-8H,1H3,(H,14,15,17)/b6-5-. The van der Waals surface area contributed by atoms with Crippen molar-refractivity contribution in [2.24, 2.45) is 0 Å². The summed E-state index contributed by atoms with van der Waals surface area (Å²) in [5, 5.41) is 15.6. The second-order valence-electron chi connectivity index (χ2n) is 3.97. The van der Waals surface area contributed by atoms with Crippen LogP contribution in [0.4, 0.5) is 10.8 Å². The molecule has 0 spiro atoms. The molecule has 0 aliphatic heterocycles. The van der Waals surface area contributed by atoms with Crippen molar-refractivity contribution >= 4 is 34.1 Å². The Balaban J connectivity index is 2.03. The van der Waals surface area contributed by atoms with Gasteiger partial charge in [0.15, 0.2) is 5.13 Å². The van der Waals surface area contributed by atoms with Crippen molar-refractivity contribution in [1.29, 1.82) is 0 Å². The van der Waals surface area contributed by atoms with Crippen molar-refractivity contribution < 1.29 is 9.72 Å². The van der Waals surface area contributed by atoms with Gasteiger partial charge in [-0.25, -0.2) is 4.98 Å². The van der Waals surface area contributed by atoms with E-state index in [1.165, 1.54) is 35.6 Å². The Kier molecular flexibility index (Phi) is 4.21. The lowest BCUT2D eigenvalue weighted by molar-refractivity contribution is -0.384. The molecule has 1 N–H and O–H groups in total. The van der Waals surface area contributed by atoms with E-state index in [0.717, 1.165) is 5.69 Å². The van der Waals surface area contributed by atoms with E-state index in [1.807, 2.05) is 12.3 Å². The highest BCUT2D eigenvalue weighted by Crippen LogP contribution is 2.16. The lowest BCUT2D eigenvalue weighted by Crippen LogP contribution is -2.07. The van der Waals surface area contributed by atoms with Gasteiger partial charge in [-0.3, -0.25) is 20.2 Å². The van der Waals surface area contributed by atoms with Gasteiger partial charge in [0, 0.05) is 23.6 Å². The Bertz CT molecular complexity index is 679. The predicted molar refractivity (Wildman–Crippen MR) is 77.6 cm³/mol. The van der Waals surface area contributed by atoms with E-state index in [9.17, 15) is 14.9 Å². The molecule has 1 amide bonds. The third-order valence-corrected chi connectivity index (χ3v) is 3.23. The van der Waals surface area contributed by atoms with Crippen LogP contribution < -0.4 is 5.32 Å². The molecular formula is C13H11N3O3S. The number of nitrogens with zero attached hydrogens (tertiary/aromatic N) is 2. The van der Waals surface area contributed by atoms with Gasteiger partial charge in [0.05, 0.1) is 10.6 Å². The normalized spacial score (nSPS) is 10.7. The van der Waals surface area contributed by atoms with Gasteiger partial charge in [-0.15, -0.1) is 11.3 Å². The summed E-state index contributed by atoms with van der Waals surface area (Å²) >= 11 is 1.34. The number of hydrogen-bond donors (Lipinski definition) is 1. The molecule has 1 aromatic heterocycles. The minimum atomic E-state index is -0.476. The Morgan fingerprint density at radius 2 is 2.30 bits per heavy atom. The molecular weight excluding hydrogens is 278 g/mol. The van der Waals surface area contributed by atoms with E-state index in [-0.39, 0.29) is 11.6 Å². The summed E-state index contributed by atoms with van der Waals surface area (Å²) in [6.07, 6.45) is 2.83. The van der Waals surface area contributed by atoms with Gasteiger partial charge in [-0.05, 0) is 18.6 Å². The second-order valence-corrected chi connectivity index (χ2v) is 4.83. The minimum Gasteiger partial charge on any atom is -0.298 e. The van der Waals surface area contributed by atoms with Gasteiger partial charge in [0.25, 0.3) is 5.69 Å². The number of thiazole rings is 1. The first-order valence-corrected chi connectivity index (χ1v) is 6.58. The van der Waals surface area contributed by atoms with Crippen molar-refractivity contribution in [3.05, 3.63) is 57.1 Å². The van der Waals surface area contributed by atoms with Crippen LogP contribution in [0, 0.1) is 17.0 Å². The fourth-order valence-electron chi connectivity index (χ4n) is 1.47. The molecule has 0 saturated carbocycles. The molecule has 0 unspecified atom stereocenters. The maximum absolute atomic E-state index is 11.6. The quantitative estimate of drug-likeness (QED) is 0.532. The summed E-state index contributed by atoms with van der Waals surface area (Å²) in [4.78, 5) is 25.9. The molecule has 0 radical (unpaired) electrons. The lowest BCUT2D eigenvalue weighted by Gasteiger charge is -1.96. The number of amides is 1. The Hall–Kier alpha value is -2.54. The number of carbonyl (C=O) groups excluding carboxylic acids is 1. The molecule has 20 heavy (non-hydrogen) atoms. The van der Waals surface area contributed by atoms with E-state index in [1.54, 1.807) is 12.1 Å². The van der Waals surface area contributed by atoms with Gasteiger partial charge >= 0.3 is 0 Å². The van der Waals surface area contributed by atoms with Gasteiger partial charge < -0.3 is 0 Å². The zero-order valence-electron chi connectivity index (χ0n) is 10.6. The summed E-state index contributed by atoms with van der Waals surface area (Å²) in [7, 11) is 0. The average molecular weight is 289 g/mol. The zero-order chi connectivity index (χ0) is 14.5. The van der Waals surface area contributed by atoms with Crippen LogP contribution in [0.25, 0.3) is 6.08 Å². The van der Waals surface area contributed by atoms with Crippen LogP contribution in [0.2, 0.25) is 0 Å². The molecule has 1 heterocycles. The fourth-order valence-corrected chi connectivity index (χ4v) is 2.16. The first-order chi connectivity index (χ1) is 9.54. The number of benzene rings is 1.